The van der Waals surface area contributed by atoms with Crippen LogP contribution in [0.2, 0.25) is 0 Å². The van der Waals surface area contributed by atoms with Crippen LogP contribution in [0, 0.1) is 0 Å². The molecule has 4 aromatic rings. The molecule has 31 heavy (non-hydrogen) atoms. The number of carbonyl (C=O) groups excluding carboxylic acids is 2. The fourth-order valence-corrected chi connectivity index (χ4v) is 3.17. The van der Waals surface area contributed by atoms with Gasteiger partial charge in [0.2, 0.25) is 11.7 Å². The van der Waals surface area contributed by atoms with Gasteiger partial charge in [-0.05, 0) is 16.3 Å². The summed E-state index contributed by atoms with van der Waals surface area (Å²) in [4.78, 5) is 26.4. The first-order chi connectivity index (χ1) is 15.2. The van der Waals surface area contributed by atoms with Crippen molar-refractivity contribution in [2.45, 2.75) is 12.5 Å². The van der Waals surface area contributed by atoms with Crippen LogP contribution in [0.5, 0.6) is 0 Å². The molecule has 2 N–H and O–H groups in total. The molecule has 0 saturated carbocycles. The fourth-order valence-electron chi connectivity index (χ4n) is 3.17. The Kier molecular flexibility index (Phi) is 6.08. The molecule has 0 aliphatic heterocycles. The van der Waals surface area contributed by atoms with Crippen LogP contribution in [0.4, 0.5) is 0 Å². The van der Waals surface area contributed by atoms with Crippen molar-refractivity contribution in [2.75, 3.05) is 0 Å². The van der Waals surface area contributed by atoms with E-state index in [4.69, 9.17) is 0 Å². The Bertz CT molecular complexity index is 1110. The first-order valence-electron chi connectivity index (χ1n) is 9.72. The molecule has 0 radical (unpaired) electrons. The van der Waals surface area contributed by atoms with Crippen molar-refractivity contribution in [1.29, 1.82) is 0 Å². The van der Waals surface area contributed by atoms with Gasteiger partial charge in [-0.15, -0.1) is 10.2 Å². The second-order valence-electron chi connectivity index (χ2n) is 6.80. The Hall–Kier alpha value is -4.33. The number of nitrogens with zero attached hydrogens (tertiary/aromatic N) is 4. The normalized spacial score (nSPS) is 10.6. The molecule has 3 aromatic carbocycles. The average Bonchev–Trinajstić information content (AvgIpc) is 3.28. The van der Waals surface area contributed by atoms with E-state index < -0.39 is 11.8 Å². The van der Waals surface area contributed by atoms with Crippen LogP contribution in [0.15, 0.2) is 91.0 Å². The molecule has 0 bridgehead atoms. The minimum absolute atomic E-state index is 0.179. The SMILES string of the molecule is O=C(Cn1nnc(-c2ccccc2)n1)NNC(=O)C(c1ccccc1)c1ccccc1. The quantitative estimate of drug-likeness (QED) is 0.473. The molecular weight excluding hydrogens is 392 g/mol. The Labute approximate surface area is 178 Å². The predicted molar refractivity (Wildman–Crippen MR) is 114 cm³/mol. The van der Waals surface area contributed by atoms with E-state index in [1.165, 1.54) is 4.80 Å². The van der Waals surface area contributed by atoms with Gasteiger partial charge in [0, 0.05) is 5.56 Å². The molecule has 4 rings (SSSR count). The largest absolute Gasteiger partial charge is 0.272 e. The third kappa shape index (κ3) is 4.99. The van der Waals surface area contributed by atoms with Gasteiger partial charge < -0.3 is 0 Å². The van der Waals surface area contributed by atoms with Gasteiger partial charge in [0.25, 0.3) is 5.91 Å². The van der Waals surface area contributed by atoms with Gasteiger partial charge in [-0.1, -0.05) is 91.0 Å². The number of tetrazole rings is 1. The number of rotatable bonds is 6. The molecule has 0 fully saturated rings. The fraction of sp³-hybridized carbons (Fsp3) is 0.0870. The highest BCUT2D eigenvalue weighted by Gasteiger charge is 2.23. The van der Waals surface area contributed by atoms with Crippen LogP contribution in [0.3, 0.4) is 0 Å². The Morgan fingerprint density at radius 3 is 1.90 bits per heavy atom. The van der Waals surface area contributed by atoms with Crippen LogP contribution in [0.1, 0.15) is 17.0 Å². The summed E-state index contributed by atoms with van der Waals surface area (Å²) < 4.78 is 0. The molecule has 0 spiro atoms. The van der Waals surface area contributed by atoms with Gasteiger partial charge in [-0.3, -0.25) is 20.4 Å². The number of amides is 2. The van der Waals surface area contributed by atoms with Crippen molar-refractivity contribution in [3.63, 3.8) is 0 Å². The molecule has 154 valence electrons. The smallest absolute Gasteiger partial charge is 0.262 e. The average molecular weight is 412 g/mol. The van der Waals surface area contributed by atoms with E-state index in [9.17, 15) is 9.59 Å². The predicted octanol–water partition coefficient (Wildman–Crippen LogP) is 2.32. The maximum absolute atomic E-state index is 12.9. The molecular formula is C23H20N6O2. The maximum Gasteiger partial charge on any atom is 0.262 e. The summed E-state index contributed by atoms with van der Waals surface area (Å²) >= 11 is 0. The number of benzene rings is 3. The monoisotopic (exact) mass is 412 g/mol. The summed E-state index contributed by atoms with van der Waals surface area (Å²) in [6, 6.07) is 28.1. The van der Waals surface area contributed by atoms with Crippen molar-refractivity contribution in [3.8, 4) is 11.4 Å². The van der Waals surface area contributed by atoms with Gasteiger partial charge in [0.05, 0.1) is 5.92 Å². The highest BCUT2D eigenvalue weighted by Crippen LogP contribution is 2.24. The van der Waals surface area contributed by atoms with Crippen molar-refractivity contribution >= 4 is 11.8 Å². The first kappa shape index (κ1) is 20.0. The van der Waals surface area contributed by atoms with E-state index in [-0.39, 0.29) is 12.5 Å². The standard InChI is InChI=1S/C23H20N6O2/c30-20(16-29-27-22(25-28-29)19-14-8-3-9-15-19)24-26-23(31)21(17-10-4-1-5-11-17)18-12-6-2-7-13-18/h1-15,21H,16H2,(H,24,30)(H,26,31). The minimum atomic E-state index is -0.558. The maximum atomic E-state index is 12.9. The number of nitrogens with one attached hydrogen (secondary N) is 2. The molecule has 0 aliphatic rings. The van der Waals surface area contributed by atoms with E-state index in [0.717, 1.165) is 16.7 Å². The van der Waals surface area contributed by atoms with E-state index >= 15 is 0 Å². The Morgan fingerprint density at radius 2 is 1.32 bits per heavy atom. The van der Waals surface area contributed by atoms with Crippen LogP contribution in [0.25, 0.3) is 11.4 Å². The number of hydrogen-bond acceptors (Lipinski definition) is 5. The van der Waals surface area contributed by atoms with Gasteiger partial charge in [0.15, 0.2) is 0 Å². The second kappa shape index (κ2) is 9.45. The molecule has 1 heterocycles. The van der Waals surface area contributed by atoms with Gasteiger partial charge in [-0.25, -0.2) is 0 Å². The lowest BCUT2D eigenvalue weighted by molar-refractivity contribution is -0.129. The minimum Gasteiger partial charge on any atom is -0.272 e. The van der Waals surface area contributed by atoms with Crippen molar-refractivity contribution < 1.29 is 9.59 Å². The van der Waals surface area contributed by atoms with Crippen molar-refractivity contribution in [3.05, 3.63) is 102 Å². The first-order valence-corrected chi connectivity index (χ1v) is 9.72. The van der Waals surface area contributed by atoms with Gasteiger partial charge in [0.1, 0.15) is 6.54 Å². The number of hydrogen-bond donors (Lipinski definition) is 2. The third-order valence-corrected chi connectivity index (χ3v) is 4.62. The van der Waals surface area contributed by atoms with Crippen LogP contribution >= 0.6 is 0 Å². The molecule has 8 heteroatoms. The number of carbonyl (C=O) groups is 2. The van der Waals surface area contributed by atoms with Gasteiger partial charge >= 0.3 is 0 Å². The molecule has 0 saturated heterocycles. The summed E-state index contributed by atoms with van der Waals surface area (Å²) in [6.07, 6.45) is 0. The summed E-state index contributed by atoms with van der Waals surface area (Å²) in [5.41, 5.74) is 7.39. The second-order valence-corrected chi connectivity index (χ2v) is 6.80. The molecule has 8 nitrogen and oxygen atoms in total. The zero-order chi connectivity index (χ0) is 21.5. The Morgan fingerprint density at radius 1 is 0.774 bits per heavy atom. The lowest BCUT2D eigenvalue weighted by Gasteiger charge is -2.18. The lowest BCUT2D eigenvalue weighted by atomic mass is 9.91. The number of aromatic nitrogens is 4. The topological polar surface area (TPSA) is 102 Å². The zero-order valence-corrected chi connectivity index (χ0v) is 16.6. The van der Waals surface area contributed by atoms with Crippen LogP contribution < -0.4 is 10.9 Å². The van der Waals surface area contributed by atoms with E-state index in [1.54, 1.807) is 0 Å². The van der Waals surface area contributed by atoms with E-state index in [0.29, 0.717) is 5.82 Å². The van der Waals surface area contributed by atoms with E-state index in [2.05, 4.69) is 26.3 Å². The molecule has 0 aliphatic carbocycles. The zero-order valence-electron chi connectivity index (χ0n) is 16.6. The summed E-state index contributed by atoms with van der Waals surface area (Å²) in [5.74, 6) is -0.949. The summed E-state index contributed by atoms with van der Waals surface area (Å²) in [5, 5.41) is 12.0. The molecule has 0 unspecified atom stereocenters. The highest BCUT2D eigenvalue weighted by atomic mass is 16.2. The van der Waals surface area contributed by atoms with Gasteiger partial charge in [-0.2, -0.15) is 4.80 Å². The molecule has 1 aromatic heterocycles. The van der Waals surface area contributed by atoms with E-state index in [1.807, 2.05) is 91.0 Å². The summed E-state index contributed by atoms with van der Waals surface area (Å²) in [6.45, 7) is -0.179. The summed E-state index contributed by atoms with van der Waals surface area (Å²) in [7, 11) is 0. The third-order valence-electron chi connectivity index (χ3n) is 4.62. The van der Waals surface area contributed by atoms with Crippen molar-refractivity contribution in [1.82, 2.24) is 31.1 Å². The lowest BCUT2D eigenvalue weighted by Crippen LogP contribution is -2.45. The molecule has 2 amide bonds. The van der Waals surface area contributed by atoms with Crippen LogP contribution in [-0.4, -0.2) is 32.0 Å². The number of hydrazine groups is 1. The Balaban J connectivity index is 1.40. The highest BCUT2D eigenvalue weighted by molar-refractivity contribution is 5.89. The molecule has 0 atom stereocenters. The van der Waals surface area contributed by atoms with Crippen LogP contribution in [-0.2, 0) is 16.1 Å². The van der Waals surface area contributed by atoms with Crippen molar-refractivity contribution in [2.24, 2.45) is 0 Å².